The third kappa shape index (κ3) is 26.5. The van der Waals surface area contributed by atoms with Crippen LogP contribution in [0.1, 0.15) is 145 Å². The zero-order valence-electron chi connectivity index (χ0n) is 48.4. The number of nitrogens with two attached hydrogens (primary N) is 4. The zero-order chi connectivity index (χ0) is 59.9. The molecule has 0 unspecified atom stereocenters. The maximum absolute atomic E-state index is 14.5. The van der Waals surface area contributed by atoms with E-state index in [1.54, 1.807) is 65.0 Å². The molecule has 0 saturated heterocycles. The minimum Gasteiger partial charge on any atom is -0.391 e. The van der Waals surface area contributed by atoms with Gasteiger partial charge in [-0.3, -0.25) is 47.9 Å². The SMILES string of the molecule is CCCCCCC(=O)N[C@@H](CCN)C(=O)N[C@H](C(=O)N[C@@H](CCN)C(=O)N[C@H](Cc1ccccc1)C(=O)N[C@@H](CC(C)C)C(=O)N[C@@H](CCN)C(=O)N[C@@H](C(=O)N[C@@H](CC(C)C)C(=O)N[C@H](C(N)=O)[C@@H](C)O)C(C)C)[C@@H](C)CC. The molecule has 0 aliphatic carbocycles. The van der Waals surface area contributed by atoms with E-state index in [1.165, 1.54) is 6.92 Å². The highest BCUT2D eigenvalue weighted by Gasteiger charge is 2.37. The van der Waals surface area contributed by atoms with E-state index in [-0.39, 0.29) is 82.3 Å². The van der Waals surface area contributed by atoms with Crippen LogP contribution < -0.4 is 70.8 Å². The maximum atomic E-state index is 14.5. The van der Waals surface area contributed by atoms with Crippen LogP contribution in [-0.4, -0.2) is 144 Å². The van der Waals surface area contributed by atoms with Crippen LogP contribution in [-0.2, 0) is 54.4 Å². The van der Waals surface area contributed by atoms with Crippen LogP contribution in [0.2, 0.25) is 0 Å². The molecule has 0 heterocycles. The van der Waals surface area contributed by atoms with Crippen LogP contribution >= 0.6 is 0 Å². The molecule has 1 rings (SSSR count). The lowest BCUT2D eigenvalue weighted by Gasteiger charge is -2.30. The summed E-state index contributed by atoms with van der Waals surface area (Å²) in [5.41, 5.74) is 23.7. The first kappa shape index (κ1) is 70.8. The molecule has 0 aliphatic rings. The van der Waals surface area contributed by atoms with Gasteiger partial charge in [0.15, 0.2) is 0 Å². The van der Waals surface area contributed by atoms with Gasteiger partial charge >= 0.3 is 0 Å². The van der Waals surface area contributed by atoms with Gasteiger partial charge in [-0.1, -0.05) is 118 Å². The van der Waals surface area contributed by atoms with Crippen molar-refractivity contribution in [2.45, 2.75) is 207 Å². The van der Waals surface area contributed by atoms with Crippen molar-refractivity contribution in [1.82, 2.24) is 47.9 Å². The van der Waals surface area contributed by atoms with Gasteiger partial charge in [-0.2, -0.15) is 0 Å². The average Bonchev–Trinajstić information content (AvgIpc) is 3.38. The van der Waals surface area contributed by atoms with Crippen LogP contribution in [0.5, 0.6) is 0 Å². The van der Waals surface area contributed by atoms with Gasteiger partial charge in [0, 0.05) is 12.8 Å². The number of aliphatic hydroxyl groups excluding tert-OH is 1. The lowest BCUT2D eigenvalue weighted by molar-refractivity contribution is -0.137. The second kappa shape index (κ2) is 37.6. The van der Waals surface area contributed by atoms with E-state index >= 15 is 0 Å². The molecule has 0 aliphatic heterocycles. The highest BCUT2D eigenvalue weighted by atomic mass is 16.3. The summed E-state index contributed by atoms with van der Waals surface area (Å²) in [6, 6.07) is -2.48. The summed E-state index contributed by atoms with van der Waals surface area (Å²) in [5, 5.41) is 34.2. The third-order valence-electron chi connectivity index (χ3n) is 13.3. The summed E-state index contributed by atoms with van der Waals surface area (Å²) in [6.07, 6.45) is 2.94. The van der Waals surface area contributed by atoms with Crippen molar-refractivity contribution in [3.05, 3.63) is 35.9 Å². The lowest BCUT2D eigenvalue weighted by Crippen LogP contribution is -2.62. The van der Waals surface area contributed by atoms with E-state index in [1.807, 2.05) is 20.8 Å². The standard InChI is InChI=1S/C55H97N13O11/c1-11-13-14-18-21-43(70)60-37(22-25-56)49(73)67-45(34(9)12-2)55(79)62-38(23-26-57)48(72)64-42(30-36-19-16-15-17-20-36)52(76)63-40(28-31(3)4)51(75)61-39(24-27-58)50(74)66-44(33(7)8)54(78)65-41(29-32(5)6)53(77)68-46(35(10)69)47(59)71/h15-17,19-20,31-35,37-42,44-46,69H,11-14,18,21-30,56-58H2,1-10H3,(H2,59,71)(H,60,70)(H,61,75)(H,62,79)(H,63,76)(H,64,72)(H,65,78)(H,66,74)(H,67,73)(H,68,77)/t34-,35+,37-,38-,39-,40-,41-,42+,44+,45-,46-/m0/s1. The normalized spacial score (nSPS) is 15.6. The molecular weight excluding hydrogens is 1020 g/mol. The van der Waals surface area contributed by atoms with Crippen molar-refractivity contribution >= 4 is 59.1 Å². The Labute approximate surface area is 467 Å². The molecule has 0 saturated carbocycles. The Morgan fingerprint density at radius 2 is 0.861 bits per heavy atom. The monoisotopic (exact) mass is 1120 g/mol. The van der Waals surface area contributed by atoms with E-state index < -0.39 is 125 Å². The summed E-state index contributed by atoms with van der Waals surface area (Å²) in [5.74, 6) is -8.55. The first-order valence-corrected chi connectivity index (χ1v) is 28.1. The molecule has 0 aromatic heterocycles. The van der Waals surface area contributed by atoms with Gasteiger partial charge in [-0.15, -0.1) is 0 Å². The number of amides is 10. The fraction of sp³-hybridized carbons (Fsp3) is 0.709. The van der Waals surface area contributed by atoms with Gasteiger partial charge in [0.25, 0.3) is 0 Å². The van der Waals surface area contributed by atoms with E-state index in [9.17, 15) is 53.1 Å². The van der Waals surface area contributed by atoms with Gasteiger partial charge in [-0.25, -0.2) is 0 Å². The quantitative estimate of drug-likeness (QED) is 0.0362. The van der Waals surface area contributed by atoms with Crippen molar-refractivity contribution in [3.63, 3.8) is 0 Å². The smallest absolute Gasteiger partial charge is 0.243 e. The largest absolute Gasteiger partial charge is 0.391 e. The zero-order valence-corrected chi connectivity index (χ0v) is 48.4. The summed E-state index contributed by atoms with van der Waals surface area (Å²) in [7, 11) is 0. The number of aliphatic hydroxyl groups is 1. The van der Waals surface area contributed by atoms with Gasteiger partial charge in [0.05, 0.1) is 6.10 Å². The molecule has 0 spiro atoms. The predicted molar refractivity (Wildman–Crippen MR) is 301 cm³/mol. The fourth-order valence-corrected chi connectivity index (χ4v) is 8.52. The van der Waals surface area contributed by atoms with E-state index in [2.05, 4.69) is 54.8 Å². The van der Waals surface area contributed by atoms with Crippen LogP contribution in [0, 0.1) is 23.7 Å². The van der Waals surface area contributed by atoms with Crippen molar-refractivity contribution in [1.29, 1.82) is 0 Å². The number of nitrogens with one attached hydrogen (secondary N) is 9. The van der Waals surface area contributed by atoms with Gasteiger partial charge in [-0.05, 0) is 94.3 Å². The molecular formula is C55H97N13O11. The van der Waals surface area contributed by atoms with E-state index in [0.29, 0.717) is 18.4 Å². The van der Waals surface area contributed by atoms with Gasteiger partial charge in [0.2, 0.25) is 59.1 Å². The molecule has 1 aromatic rings. The fourth-order valence-electron chi connectivity index (χ4n) is 8.52. The molecule has 0 fully saturated rings. The van der Waals surface area contributed by atoms with Crippen LogP contribution in [0.4, 0.5) is 0 Å². The van der Waals surface area contributed by atoms with E-state index in [0.717, 1.165) is 19.3 Å². The van der Waals surface area contributed by atoms with Crippen molar-refractivity contribution < 1.29 is 53.1 Å². The third-order valence-corrected chi connectivity index (χ3v) is 13.3. The number of rotatable bonds is 39. The molecule has 10 amide bonds. The Kier molecular flexibility index (Phi) is 33.7. The summed E-state index contributed by atoms with van der Waals surface area (Å²) < 4.78 is 0. The number of primary amides is 1. The first-order chi connectivity index (χ1) is 37.2. The number of carbonyl (C=O) groups excluding carboxylic acids is 10. The number of benzene rings is 1. The molecule has 11 atom stereocenters. The predicted octanol–water partition coefficient (Wildman–Crippen LogP) is -0.731. The second-order valence-electron chi connectivity index (χ2n) is 21.6. The molecule has 448 valence electrons. The molecule has 79 heavy (non-hydrogen) atoms. The number of hydrogen-bond donors (Lipinski definition) is 14. The minimum absolute atomic E-state index is 0.0566. The minimum atomic E-state index is -1.43. The van der Waals surface area contributed by atoms with Crippen molar-refractivity contribution in [3.8, 4) is 0 Å². The Morgan fingerprint density at radius 3 is 1.32 bits per heavy atom. The Morgan fingerprint density at radius 1 is 0.468 bits per heavy atom. The molecule has 0 bridgehead atoms. The van der Waals surface area contributed by atoms with Crippen molar-refractivity contribution in [2.75, 3.05) is 19.6 Å². The maximum Gasteiger partial charge on any atom is 0.243 e. The molecule has 0 radical (unpaired) electrons. The number of hydrogen-bond acceptors (Lipinski definition) is 14. The molecule has 18 N–H and O–H groups in total. The molecule has 24 nitrogen and oxygen atoms in total. The summed E-state index contributed by atoms with van der Waals surface area (Å²) in [6.45, 7) is 17.4. The van der Waals surface area contributed by atoms with Crippen LogP contribution in [0.3, 0.4) is 0 Å². The summed E-state index contributed by atoms with van der Waals surface area (Å²) >= 11 is 0. The van der Waals surface area contributed by atoms with Crippen molar-refractivity contribution in [2.24, 2.45) is 46.6 Å². The van der Waals surface area contributed by atoms with Gasteiger partial charge < -0.3 is 75.9 Å². The highest BCUT2D eigenvalue weighted by Crippen LogP contribution is 2.14. The molecule has 1 aromatic carbocycles. The Bertz CT molecular complexity index is 2100. The van der Waals surface area contributed by atoms with Crippen LogP contribution in [0.15, 0.2) is 30.3 Å². The second-order valence-corrected chi connectivity index (χ2v) is 21.6. The Balaban J connectivity index is 3.48. The topological polar surface area (TPSA) is 403 Å². The van der Waals surface area contributed by atoms with Crippen LogP contribution in [0.25, 0.3) is 0 Å². The number of unbranched alkanes of at least 4 members (excludes halogenated alkanes) is 3. The first-order valence-electron chi connectivity index (χ1n) is 28.1. The summed E-state index contributed by atoms with van der Waals surface area (Å²) in [4.78, 5) is 137. The number of carbonyl (C=O) groups is 10. The highest BCUT2D eigenvalue weighted by molar-refractivity contribution is 5.98. The Hall–Kier alpha value is -6.24. The lowest BCUT2D eigenvalue weighted by atomic mass is 9.97. The van der Waals surface area contributed by atoms with E-state index in [4.69, 9.17) is 22.9 Å². The average molecular weight is 1120 g/mol. The molecule has 24 heteroatoms. The van der Waals surface area contributed by atoms with Gasteiger partial charge in [0.1, 0.15) is 54.4 Å².